The number of aromatic amines is 1. The summed E-state index contributed by atoms with van der Waals surface area (Å²) in [6, 6.07) is 6.28. The maximum absolute atomic E-state index is 13.3. The first-order valence-corrected chi connectivity index (χ1v) is 8.52. The number of hydrogen-bond donors (Lipinski definition) is 1. The first-order chi connectivity index (χ1) is 11.1. The van der Waals surface area contributed by atoms with Gasteiger partial charge in [-0.15, -0.1) is 22.7 Å². The molecule has 0 amide bonds. The van der Waals surface area contributed by atoms with Gasteiger partial charge in [0.2, 0.25) is 0 Å². The van der Waals surface area contributed by atoms with Crippen molar-refractivity contribution in [3.05, 3.63) is 56.6 Å². The summed E-state index contributed by atoms with van der Waals surface area (Å²) in [7, 11) is 0. The second-order valence-electron chi connectivity index (χ2n) is 5.05. The Morgan fingerprint density at radius 3 is 3.04 bits per heavy atom. The molecule has 0 spiro atoms. The standard InChI is InChI=1S/C16H10FN3OS2/c1-8(14-19-15(21)10-4-5-22-16(10)20-14)6-13-18-11-3-2-9(17)7-12(11)23-13/h2-7H,1H3,(H,19,20,21)/b8-6+. The van der Waals surface area contributed by atoms with Crippen LogP contribution in [-0.4, -0.2) is 15.0 Å². The molecule has 4 rings (SSSR count). The van der Waals surface area contributed by atoms with E-state index in [0.29, 0.717) is 16.0 Å². The number of nitrogens with zero attached hydrogens (tertiary/aromatic N) is 2. The number of aromatic nitrogens is 3. The average Bonchev–Trinajstić information content (AvgIpc) is 3.12. The van der Waals surface area contributed by atoms with E-state index in [9.17, 15) is 9.18 Å². The second kappa shape index (κ2) is 5.36. The van der Waals surface area contributed by atoms with Crippen molar-refractivity contribution >= 4 is 54.8 Å². The smallest absolute Gasteiger partial charge is 0.259 e. The van der Waals surface area contributed by atoms with Gasteiger partial charge in [0, 0.05) is 0 Å². The van der Waals surface area contributed by atoms with Gasteiger partial charge in [0.05, 0.1) is 15.6 Å². The molecule has 1 aromatic carbocycles. The SMILES string of the molecule is C/C(=C\c1nc2ccc(F)cc2s1)c1nc2sccc2c(=O)[nH]1. The minimum atomic E-state index is -0.275. The first kappa shape index (κ1) is 14.2. The fraction of sp³-hybridized carbons (Fsp3) is 0.0625. The van der Waals surface area contributed by atoms with E-state index in [-0.39, 0.29) is 11.4 Å². The highest BCUT2D eigenvalue weighted by molar-refractivity contribution is 7.19. The Morgan fingerprint density at radius 1 is 1.30 bits per heavy atom. The number of allylic oxidation sites excluding steroid dienone is 1. The Morgan fingerprint density at radius 2 is 2.17 bits per heavy atom. The summed E-state index contributed by atoms with van der Waals surface area (Å²) < 4.78 is 14.0. The summed E-state index contributed by atoms with van der Waals surface area (Å²) in [4.78, 5) is 24.4. The van der Waals surface area contributed by atoms with Gasteiger partial charge in [0.15, 0.2) is 0 Å². The van der Waals surface area contributed by atoms with Crippen LogP contribution in [0.5, 0.6) is 0 Å². The molecular weight excluding hydrogens is 333 g/mol. The predicted octanol–water partition coefficient (Wildman–Crippen LogP) is 4.29. The molecule has 0 aliphatic heterocycles. The monoisotopic (exact) mass is 343 g/mol. The molecular formula is C16H10FN3OS2. The highest BCUT2D eigenvalue weighted by atomic mass is 32.1. The van der Waals surface area contributed by atoms with Gasteiger partial charge in [0.1, 0.15) is 21.5 Å². The normalized spacial score (nSPS) is 12.3. The first-order valence-electron chi connectivity index (χ1n) is 6.82. The third-order valence-corrected chi connectivity index (χ3v) is 5.19. The Kier molecular flexibility index (Phi) is 3.32. The fourth-order valence-corrected chi connectivity index (χ4v) is 4.04. The largest absolute Gasteiger partial charge is 0.306 e. The minimum absolute atomic E-state index is 0.148. The van der Waals surface area contributed by atoms with Crippen molar-refractivity contribution in [3.8, 4) is 0 Å². The summed E-state index contributed by atoms with van der Waals surface area (Å²) >= 11 is 2.83. The highest BCUT2D eigenvalue weighted by Crippen LogP contribution is 2.26. The lowest BCUT2D eigenvalue weighted by molar-refractivity contribution is 0.630. The molecule has 0 radical (unpaired) electrons. The van der Waals surface area contributed by atoms with Gasteiger partial charge in [-0.05, 0) is 48.2 Å². The van der Waals surface area contributed by atoms with Crippen molar-refractivity contribution in [1.82, 2.24) is 15.0 Å². The zero-order valence-corrected chi connectivity index (χ0v) is 13.6. The number of H-pyrrole nitrogens is 1. The van der Waals surface area contributed by atoms with Crippen molar-refractivity contribution < 1.29 is 4.39 Å². The lowest BCUT2D eigenvalue weighted by Crippen LogP contribution is -2.09. The van der Waals surface area contributed by atoms with Crippen LogP contribution < -0.4 is 5.56 Å². The number of thiophene rings is 1. The molecule has 23 heavy (non-hydrogen) atoms. The highest BCUT2D eigenvalue weighted by Gasteiger charge is 2.08. The fourth-order valence-electron chi connectivity index (χ4n) is 2.28. The van der Waals surface area contributed by atoms with Gasteiger partial charge in [-0.2, -0.15) is 0 Å². The molecule has 114 valence electrons. The van der Waals surface area contributed by atoms with E-state index in [1.165, 1.54) is 34.8 Å². The summed E-state index contributed by atoms with van der Waals surface area (Å²) in [6.07, 6.45) is 1.85. The zero-order valence-electron chi connectivity index (χ0n) is 12.0. The maximum Gasteiger partial charge on any atom is 0.259 e. The molecule has 7 heteroatoms. The second-order valence-corrected chi connectivity index (χ2v) is 7.00. The van der Waals surface area contributed by atoms with Crippen LogP contribution in [0.4, 0.5) is 4.39 Å². The Hall–Kier alpha value is -2.38. The molecule has 4 nitrogen and oxygen atoms in total. The lowest BCUT2D eigenvalue weighted by atomic mass is 10.2. The molecule has 1 N–H and O–H groups in total. The molecule has 0 bridgehead atoms. The Balaban J connectivity index is 1.79. The molecule has 0 unspecified atom stereocenters. The number of benzene rings is 1. The van der Waals surface area contributed by atoms with Crippen LogP contribution in [0.15, 0.2) is 34.4 Å². The Bertz CT molecular complexity index is 1120. The van der Waals surface area contributed by atoms with Crippen LogP contribution >= 0.6 is 22.7 Å². The lowest BCUT2D eigenvalue weighted by Gasteiger charge is -1.99. The minimum Gasteiger partial charge on any atom is -0.306 e. The van der Waals surface area contributed by atoms with E-state index in [1.807, 2.05) is 18.4 Å². The van der Waals surface area contributed by atoms with Crippen molar-refractivity contribution in [2.45, 2.75) is 6.92 Å². The molecule has 0 atom stereocenters. The van der Waals surface area contributed by atoms with Gasteiger partial charge in [-0.1, -0.05) is 0 Å². The summed E-state index contributed by atoms with van der Waals surface area (Å²) in [5.74, 6) is 0.248. The third kappa shape index (κ3) is 2.58. The molecule has 3 aromatic heterocycles. The number of nitrogens with one attached hydrogen (secondary N) is 1. The molecule has 3 heterocycles. The average molecular weight is 343 g/mol. The van der Waals surface area contributed by atoms with Gasteiger partial charge in [0.25, 0.3) is 5.56 Å². The summed E-state index contributed by atoms with van der Waals surface area (Å²) in [5, 5.41) is 3.19. The van der Waals surface area contributed by atoms with Gasteiger partial charge in [-0.3, -0.25) is 4.79 Å². The number of hydrogen-bond acceptors (Lipinski definition) is 5. The topological polar surface area (TPSA) is 58.6 Å². The number of fused-ring (bicyclic) bond motifs is 2. The molecule has 0 saturated heterocycles. The summed E-state index contributed by atoms with van der Waals surface area (Å²) in [5.41, 5.74) is 1.41. The van der Waals surface area contributed by atoms with Crippen molar-refractivity contribution in [2.75, 3.05) is 0 Å². The number of halogens is 1. The predicted molar refractivity (Wildman–Crippen MR) is 93.4 cm³/mol. The quantitative estimate of drug-likeness (QED) is 0.590. The maximum atomic E-state index is 13.3. The molecule has 4 aromatic rings. The Labute approximate surface area is 138 Å². The van der Waals surface area contributed by atoms with Crippen LogP contribution in [0.25, 0.3) is 32.1 Å². The van der Waals surface area contributed by atoms with Crippen LogP contribution in [0.3, 0.4) is 0 Å². The van der Waals surface area contributed by atoms with Crippen molar-refractivity contribution in [3.63, 3.8) is 0 Å². The van der Waals surface area contributed by atoms with Crippen molar-refractivity contribution in [1.29, 1.82) is 0 Å². The van der Waals surface area contributed by atoms with Gasteiger partial charge >= 0.3 is 0 Å². The summed E-state index contributed by atoms with van der Waals surface area (Å²) in [6.45, 7) is 1.87. The van der Waals surface area contributed by atoms with E-state index in [1.54, 1.807) is 12.1 Å². The van der Waals surface area contributed by atoms with Gasteiger partial charge in [-0.25, -0.2) is 14.4 Å². The third-order valence-electron chi connectivity index (χ3n) is 3.42. The van der Waals surface area contributed by atoms with E-state index < -0.39 is 0 Å². The van der Waals surface area contributed by atoms with Crippen LogP contribution in [0.1, 0.15) is 17.8 Å². The number of thiazole rings is 1. The van der Waals surface area contributed by atoms with Crippen LogP contribution in [0.2, 0.25) is 0 Å². The van der Waals surface area contributed by atoms with E-state index in [2.05, 4.69) is 15.0 Å². The molecule has 0 fully saturated rings. The van der Waals surface area contributed by atoms with Gasteiger partial charge < -0.3 is 4.98 Å². The van der Waals surface area contributed by atoms with E-state index in [0.717, 1.165) is 20.8 Å². The molecule has 0 aliphatic rings. The molecule has 0 saturated carbocycles. The van der Waals surface area contributed by atoms with Crippen LogP contribution in [-0.2, 0) is 0 Å². The van der Waals surface area contributed by atoms with Crippen molar-refractivity contribution in [2.24, 2.45) is 0 Å². The molecule has 0 aliphatic carbocycles. The van der Waals surface area contributed by atoms with E-state index in [4.69, 9.17) is 0 Å². The zero-order chi connectivity index (χ0) is 16.0. The van der Waals surface area contributed by atoms with Crippen LogP contribution in [0, 0.1) is 5.82 Å². The number of rotatable bonds is 2. The van der Waals surface area contributed by atoms with E-state index >= 15 is 0 Å².